The van der Waals surface area contributed by atoms with Crippen LogP contribution in [0, 0.1) is 0 Å². The van der Waals surface area contributed by atoms with Gasteiger partial charge in [0, 0.05) is 5.30 Å². The van der Waals surface area contributed by atoms with E-state index in [0.29, 0.717) is 22.4 Å². The predicted octanol–water partition coefficient (Wildman–Crippen LogP) is 3.31. The summed E-state index contributed by atoms with van der Waals surface area (Å²) in [4.78, 5) is 8.82. The Bertz CT molecular complexity index is 1380. The van der Waals surface area contributed by atoms with Crippen LogP contribution < -0.4 is 26.1 Å². The zero-order chi connectivity index (χ0) is 25.3. The largest absolute Gasteiger partial charge is 0.495 e. The summed E-state index contributed by atoms with van der Waals surface area (Å²) in [6.45, 7) is 6.65. The van der Waals surface area contributed by atoms with E-state index >= 15 is 0 Å². The van der Waals surface area contributed by atoms with Gasteiger partial charge in [0.25, 0.3) is 0 Å². The lowest BCUT2D eigenvalue weighted by atomic mass is 9.96. The Labute approximate surface area is 206 Å². The summed E-state index contributed by atoms with van der Waals surface area (Å²) in [7, 11) is -2.66. The standard InChI is InChI=1S/C22H27BClN4O4PS/c1-13(2)34(30,31)20-10-14(23)6-8-18(20)26-21-16(24)12-25-22(28-21)27-17-9-7-15(33(4,5)29)11-19(17)32-3/h6-13H,23H2,1-5H3,(H2,25,26,27,28). The number of ether oxygens (including phenoxy) is 1. The molecule has 0 aliphatic heterocycles. The lowest BCUT2D eigenvalue weighted by Gasteiger charge is -2.17. The minimum atomic E-state index is -3.55. The van der Waals surface area contributed by atoms with Gasteiger partial charge in [0.2, 0.25) is 5.95 Å². The summed E-state index contributed by atoms with van der Waals surface area (Å²) in [6, 6.07) is 10.3. The molecule has 0 bridgehead atoms. The molecule has 0 fully saturated rings. The first kappa shape index (κ1) is 26.1. The Morgan fingerprint density at radius 1 is 1.09 bits per heavy atom. The van der Waals surface area contributed by atoms with Gasteiger partial charge in [0.05, 0.1) is 34.8 Å². The molecule has 1 aromatic heterocycles. The van der Waals surface area contributed by atoms with Crippen molar-refractivity contribution in [1.82, 2.24) is 9.97 Å². The number of methoxy groups -OCH3 is 1. The molecule has 0 spiro atoms. The van der Waals surface area contributed by atoms with Gasteiger partial charge in [-0.25, -0.2) is 13.4 Å². The first-order valence-electron chi connectivity index (χ1n) is 10.5. The van der Waals surface area contributed by atoms with E-state index in [4.69, 9.17) is 16.3 Å². The van der Waals surface area contributed by atoms with Gasteiger partial charge in [0.15, 0.2) is 15.7 Å². The number of aromatic nitrogens is 2. The second-order valence-corrected chi connectivity index (χ2v) is 14.6. The molecule has 12 heteroatoms. The van der Waals surface area contributed by atoms with Crippen LogP contribution in [0.25, 0.3) is 0 Å². The molecule has 0 aliphatic carbocycles. The number of rotatable bonds is 8. The first-order chi connectivity index (χ1) is 15.8. The molecule has 34 heavy (non-hydrogen) atoms. The topological polar surface area (TPSA) is 110 Å². The van der Waals surface area contributed by atoms with Gasteiger partial charge in [0.1, 0.15) is 25.8 Å². The molecule has 0 unspecified atom stereocenters. The Morgan fingerprint density at radius 2 is 1.76 bits per heavy atom. The maximum Gasteiger partial charge on any atom is 0.229 e. The molecule has 0 radical (unpaired) electrons. The molecule has 3 rings (SSSR count). The highest BCUT2D eigenvalue weighted by molar-refractivity contribution is 7.92. The molecule has 3 aromatic rings. The van der Waals surface area contributed by atoms with Crippen LogP contribution in [0.2, 0.25) is 5.02 Å². The smallest absolute Gasteiger partial charge is 0.229 e. The average Bonchev–Trinajstić information content (AvgIpc) is 2.76. The molecule has 2 N–H and O–H groups in total. The van der Waals surface area contributed by atoms with E-state index in [-0.39, 0.29) is 21.7 Å². The maximum absolute atomic E-state index is 12.9. The van der Waals surface area contributed by atoms with Gasteiger partial charge < -0.3 is 19.9 Å². The summed E-state index contributed by atoms with van der Waals surface area (Å²) < 4.78 is 43.7. The number of anilines is 4. The van der Waals surface area contributed by atoms with Crippen LogP contribution >= 0.6 is 18.7 Å². The van der Waals surface area contributed by atoms with E-state index in [1.807, 2.05) is 13.9 Å². The Balaban J connectivity index is 1.97. The van der Waals surface area contributed by atoms with Crippen LogP contribution in [0.4, 0.5) is 23.1 Å². The maximum atomic E-state index is 12.9. The molecule has 0 amide bonds. The van der Waals surface area contributed by atoms with Crippen LogP contribution in [-0.4, -0.2) is 51.9 Å². The fraction of sp³-hybridized carbons (Fsp3) is 0.273. The highest BCUT2D eigenvalue weighted by Crippen LogP contribution is 2.38. The van der Waals surface area contributed by atoms with Crippen molar-refractivity contribution in [1.29, 1.82) is 0 Å². The summed E-state index contributed by atoms with van der Waals surface area (Å²) in [6.07, 6.45) is 1.41. The van der Waals surface area contributed by atoms with Crippen molar-refractivity contribution in [2.24, 2.45) is 0 Å². The summed E-state index contributed by atoms with van der Waals surface area (Å²) >= 11 is 6.32. The zero-order valence-electron chi connectivity index (χ0n) is 19.9. The number of nitrogens with one attached hydrogen (secondary N) is 2. The summed E-state index contributed by atoms with van der Waals surface area (Å²) in [5.41, 5.74) is 1.76. The van der Waals surface area contributed by atoms with Crippen LogP contribution in [0.3, 0.4) is 0 Å². The van der Waals surface area contributed by atoms with Crippen LogP contribution in [0.15, 0.2) is 47.5 Å². The van der Waals surface area contributed by atoms with Gasteiger partial charge in [-0.15, -0.1) is 0 Å². The molecule has 0 saturated carbocycles. The quantitative estimate of drug-likeness (QED) is 0.344. The van der Waals surface area contributed by atoms with E-state index < -0.39 is 22.2 Å². The van der Waals surface area contributed by atoms with E-state index in [0.717, 1.165) is 5.46 Å². The number of halogens is 1. The second-order valence-electron chi connectivity index (χ2n) is 8.47. The average molecular weight is 521 g/mol. The van der Waals surface area contributed by atoms with Crippen molar-refractivity contribution in [3.63, 3.8) is 0 Å². The van der Waals surface area contributed by atoms with Gasteiger partial charge in [-0.1, -0.05) is 23.1 Å². The molecular weight excluding hydrogens is 494 g/mol. The number of nitrogens with zero attached hydrogens (tertiary/aromatic N) is 2. The van der Waals surface area contributed by atoms with Crippen molar-refractivity contribution < 1.29 is 17.7 Å². The van der Waals surface area contributed by atoms with Crippen molar-refractivity contribution in [3.05, 3.63) is 47.6 Å². The van der Waals surface area contributed by atoms with E-state index in [2.05, 4.69) is 20.6 Å². The Kier molecular flexibility index (Phi) is 7.65. The fourth-order valence-corrected chi connectivity index (χ4v) is 5.39. The number of hydrogen-bond acceptors (Lipinski definition) is 8. The SMILES string of the molecule is Bc1ccc(Nc2nc(Nc3ccc(P(C)(C)=O)cc3OC)ncc2Cl)c(S(=O)(=O)C(C)C)c1. The molecule has 8 nitrogen and oxygen atoms in total. The van der Waals surface area contributed by atoms with Crippen LogP contribution in [0.1, 0.15) is 13.8 Å². The third-order valence-corrected chi connectivity index (χ3v) is 9.11. The Morgan fingerprint density at radius 3 is 2.38 bits per heavy atom. The van der Waals surface area contributed by atoms with Gasteiger partial charge >= 0.3 is 0 Å². The molecule has 0 saturated heterocycles. The molecule has 1 heterocycles. The van der Waals surface area contributed by atoms with Crippen molar-refractivity contribution in [3.8, 4) is 5.75 Å². The predicted molar refractivity (Wildman–Crippen MR) is 143 cm³/mol. The highest BCUT2D eigenvalue weighted by Gasteiger charge is 2.24. The number of sulfone groups is 1. The summed E-state index contributed by atoms with van der Waals surface area (Å²) in [5, 5.41) is 6.43. The van der Waals surface area contributed by atoms with Crippen LogP contribution in [0.5, 0.6) is 5.75 Å². The molecule has 180 valence electrons. The minimum Gasteiger partial charge on any atom is -0.495 e. The Hall–Kier alpha value is -2.55. The highest BCUT2D eigenvalue weighted by atomic mass is 35.5. The van der Waals surface area contributed by atoms with Crippen molar-refractivity contribution in [2.45, 2.75) is 24.0 Å². The monoisotopic (exact) mass is 520 g/mol. The van der Waals surface area contributed by atoms with Gasteiger partial charge in [-0.2, -0.15) is 4.98 Å². The van der Waals surface area contributed by atoms with Crippen LogP contribution in [-0.2, 0) is 14.4 Å². The van der Waals surface area contributed by atoms with E-state index in [9.17, 15) is 13.0 Å². The van der Waals surface area contributed by atoms with Gasteiger partial charge in [-0.05, 0) is 57.5 Å². The summed E-state index contributed by atoms with van der Waals surface area (Å²) in [5.74, 6) is 0.943. The third-order valence-electron chi connectivity index (χ3n) is 5.11. The fourth-order valence-electron chi connectivity index (χ4n) is 3.10. The van der Waals surface area contributed by atoms with Gasteiger partial charge in [-0.3, -0.25) is 0 Å². The van der Waals surface area contributed by atoms with Crippen molar-refractivity contribution >= 4 is 70.3 Å². The molecule has 0 aliphatic rings. The zero-order valence-corrected chi connectivity index (χ0v) is 22.3. The lowest BCUT2D eigenvalue weighted by molar-refractivity contribution is 0.417. The number of benzene rings is 2. The van der Waals surface area contributed by atoms with E-state index in [1.165, 1.54) is 13.3 Å². The molecule has 0 atom stereocenters. The third kappa shape index (κ3) is 5.74. The first-order valence-corrected chi connectivity index (χ1v) is 15.0. The second kappa shape index (κ2) is 9.98. The number of hydrogen-bond donors (Lipinski definition) is 2. The lowest BCUT2D eigenvalue weighted by Crippen LogP contribution is -2.18. The normalized spacial score (nSPS) is 12.0. The molecular formula is C22H27BClN4O4PS. The van der Waals surface area contributed by atoms with Crippen molar-refractivity contribution in [2.75, 3.05) is 31.1 Å². The molecule has 2 aromatic carbocycles. The minimum absolute atomic E-state index is 0.174. The van der Waals surface area contributed by atoms with E-state index in [1.54, 1.807) is 57.5 Å².